The van der Waals surface area contributed by atoms with Gasteiger partial charge in [-0.05, 0) is 61.9 Å². The van der Waals surface area contributed by atoms with Crippen molar-refractivity contribution in [3.05, 3.63) is 64.8 Å². The largest absolute Gasteiger partial charge is 0.494 e. The van der Waals surface area contributed by atoms with Crippen molar-refractivity contribution in [1.29, 1.82) is 0 Å². The third-order valence-electron chi connectivity index (χ3n) is 3.52. The monoisotopic (exact) mass is 398 g/mol. The fraction of sp³-hybridized carbons (Fsp3) is 0.158. The lowest BCUT2D eigenvalue weighted by atomic mass is 10.2. The highest BCUT2D eigenvalue weighted by molar-refractivity contribution is 9.10. The fourth-order valence-corrected chi connectivity index (χ4v) is 2.62. The number of aryl methyl sites for hydroxylation is 1. The molecule has 6 heteroatoms. The molecule has 0 aliphatic heterocycles. The predicted octanol–water partition coefficient (Wildman–Crippen LogP) is 5.43. The molecule has 128 valence electrons. The Morgan fingerprint density at radius 2 is 1.76 bits per heavy atom. The predicted molar refractivity (Wildman–Crippen MR) is 105 cm³/mol. The lowest BCUT2D eigenvalue weighted by Crippen LogP contribution is -2.00. The summed E-state index contributed by atoms with van der Waals surface area (Å²) in [5.74, 6) is 2.09. The number of ether oxygens (including phenoxy) is 1. The van der Waals surface area contributed by atoms with Gasteiger partial charge in [0.05, 0.1) is 6.61 Å². The lowest BCUT2D eigenvalue weighted by Gasteiger charge is -2.10. The van der Waals surface area contributed by atoms with Crippen LogP contribution < -0.4 is 15.4 Å². The van der Waals surface area contributed by atoms with Gasteiger partial charge in [-0.2, -0.15) is 4.98 Å². The number of halogens is 1. The van der Waals surface area contributed by atoms with Crippen LogP contribution >= 0.6 is 15.9 Å². The number of benzene rings is 2. The van der Waals surface area contributed by atoms with E-state index in [1.165, 1.54) is 5.56 Å². The molecule has 5 nitrogen and oxygen atoms in total. The summed E-state index contributed by atoms with van der Waals surface area (Å²) in [6.45, 7) is 4.67. The Hall–Kier alpha value is -2.60. The molecule has 0 spiro atoms. The zero-order valence-electron chi connectivity index (χ0n) is 14.1. The van der Waals surface area contributed by atoms with Gasteiger partial charge < -0.3 is 15.4 Å². The first-order chi connectivity index (χ1) is 12.1. The Balaban J connectivity index is 1.71. The molecule has 1 aromatic heterocycles. The van der Waals surface area contributed by atoms with Gasteiger partial charge in [0.1, 0.15) is 11.6 Å². The van der Waals surface area contributed by atoms with Crippen molar-refractivity contribution in [1.82, 2.24) is 9.97 Å². The Kier molecular flexibility index (Phi) is 5.50. The van der Waals surface area contributed by atoms with Crippen LogP contribution in [0.4, 0.5) is 23.1 Å². The number of nitrogens with one attached hydrogen (secondary N) is 2. The first-order valence-corrected chi connectivity index (χ1v) is 8.79. The summed E-state index contributed by atoms with van der Waals surface area (Å²) >= 11 is 3.54. The van der Waals surface area contributed by atoms with Crippen molar-refractivity contribution < 1.29 is 4.74 Å². The Bertz CT molecular complexity index is 852. The van der Waals surface area contributed by atoms with E-state index in [2.05, 4.69) is 43.5 Å². The van der Waals surface area contributed by atoms with Crippen LogP contribution in [0.15, 0.2) is 59.2 Å². The van der Waals surface area contributed by atoms with Gasteiger partial charge in [-0.3, -0.25) is 0 Å². The zero-order valence-corrected chi connectivity index (χ0v) is 15.7. The van der Waals surface area contributed by atoms with E-state index in [0.717, 1.165) is 27.4 Å². The van der Waals surface area contributed by atoms with E-state index in [1.807, 2.05) is 55.5 Å². The molecule has 0 radical (unpaired) electrons. The quantitative estimate of drug-likeness (QED) is 0.579. The highest BCUT2D eigenvalue weighted by Gasteiger charge is 2.03. The topological polar surface area (TPSA) is 59.1 Å². The van der Waals surface area contributed by atoms with Gasteiger partial charge in [0.15, 0.2) is 0 Å². The SMILES string of the molecule is CCOc1ccc(Nc2nccc(Nc3ccc(C)c(Br)c3)n2)cc1. The van der Waals surface area contributed by atoms with E-state index in [-0.39, 0.29) is 0 Å². The van der Waals surface area contributed by atoms with Crippen LogP contribution in [-0.4, -0.2) is 16.6 Å². The number of aromatic nitrogens is 2. The Labute approximate surface area is 155 Å². The molecular weight excluding hydrogens is 380 g/mol. The number of nitrogens with zero attached hydrogens (tertiary/aromatic N) is 2. The average Bonchev–Trinajstić information content (AvgIpc) is 2.61. The van der Waals surface area contributed by atoms with Gasteiger partial charge in [-0.25, -0.2) is 4.98 Å². The first-order valence-electron chi connectivity index (χ1n) is 8.00. The minimum Gasteiger partial charge on any atom is -0.494 e. The third-order valence-corrected chi connectivity index (χ3v) is 4.38. The second kappa shape index (κ2) is 7.98. The summed E-state index contributed by atoms with van der Waals surface area (Å²) < 4.78 is 6.50. The Morgan fingerprint density at radius 1 is 1.00 bits per heavy atom. The molecule has 2 aromatic carbocycles. The minimum absolute atomic E-state index is 0.528. The Morgan fingerprint density at radius 3 is 2.48 bits per heavy atom. The summed E-state index contributed by atoms with van der Waals surface area (Å²) in [5, 5.41) is 6.48. The van der Waals surface area contributed by atoms with Crippen LogP contribution in [0.1, 0.15) is 12.5 Å². The number of rotatable bonds is 6. The molecule has 0 atom stereocenters. The second-order valence-electron chi connectivity index (χ2n) is 5.44. The van der Waals surface area contributed by atoms with Crippen LogP contribution in [0, 0.1) is 6.92 Å². The minimum atomic E-state index is 0.528. The van der Waals surface area contributed by atoms with Crippen LogP contribution in [0.3, 0.4) is 0 Å². The van der Waals surface area contributed by atoms with Crippen molar-refractivity contribution in [2.24, 2.45) is 0 Å². The maximum atomic E-state index is 5.44. The highest BCUT2D eigenvalue weighted by Crippen LogP contribution is 2.24. The molecular formula is C19H19BrN4O. The summed E-state index contributed by atoms with van der Waals surface area (Å²) in [7, 11) is 0. The number of anilines is 4. The van der Waals surface area contributed by atoms with Crippen molar-refractivity contribution in [2.45, 2.75) is 13.8 Å². The van der Waals surface area contributed by atoms with Gasteiger partial charge in [0, 0.05) is 22.0 Å². The number of hydrogen-bond donors (Lipinski definition) is 2. The third kappa shape index (κ3) is 4.70. The molecule has 3 aromatic rings. The lowest BCUT2D eigenvalue weighted by molar-refractivity contribution is 0.340. The molecule has 0 bridgehead atoms. The molecule has 0 aliphatic carbocycles. The molecule has 0 unspecified atom stereocenters. The molecule has 0 aliphatic rings. The second-order valence-corrected chi connectivity index (χ2v) is 6.29. The zero-order chi connectivity index (χ0) is 17.6. The van der Waals surface area contributed by atoms with E-state index >= 15 is 0 Å². The van der Waals surface area contributed by atoms with E-state index < -0.39 is 0 Å². The van der Waals surface area contributed by atoms with Gasteiger partial charge in [0.25, 0.3) is 0 Å². The first kappa shape index (κ1) is 17.2. The van der Waals surface area contributed by atoms with Crippen LogP contribution in [0.5, 0.6) is 5.75 Å². The molecule has 0 amide bonds. The molecule has 1 heterocycles. The maximum Gasteiger partial charge on any atom is 0.229 e. The van der Waals surface area contributed by atoms with Gasteiger partial charge in [0.2, 0.25) is 5.95 Å². The summed E-state index contributed by atoms with van der Waals surface area (Å²) in [6, 6.07) is 15.6. The van der Waals surface area contributed by atoms with Gasteiger partial charge >= 0.3 is 0 Å². The standard InChI is InChI=1S/C19H19BrN4O/c1-3-25-16-8-6-14(7-9-16)23-19-21-11-10-18(24-19)22-15-5-4-13(2)17(20)12-15/h4-12H,3H2,1-2H3,(H2,21,22,23,24). The van der Waals surface area contributed by atoms with Crippen molar-refractivity contribution >= 4 is 39.1 Å². The summed E-state index contributed by atoms with van der Waals surface area (Å²) in [4.78, 5) is 8.76. The van der Waals surface area contributed by atoms with Crippen LogP contribution in [0.25, 0.3) is 0 Å². The van der Waals surface area contributed by atoms with E-state index in [4.69, 9.17) is 4.74 Å². The smallest absolute Gasteiger partial charge is 0.229 e. The van der Waals surface area contributed by atoms with Crippen LogP contribution in [0.2, 0.25) is 0 Å². The molecule has 2 N–H and O–H groups in total. The molecule has 3 rings (SSSR count). The van der Waals surface area contributed by atoms with Gasteiger partial charge in [-0.15, -0.1) is 0 Å². The number of hydrogen-bond acceptors (Lipinski definition) is 5. The highest BCUT2D eigenvalue weighted by atomic mass is 79.9. The summed E-state index contributed by atoms with van der Waals surface area (Å²) in [5.41, 5.74) is 3.05. The van der Waals surface area contributed by atoms with Crippen molar-refractivity contribution in [3.8, 4) is 5.75 Å². The maximum absolute atomic E-state index is 5.44. The fourth-order valence-electron chi connectivity index (χ4n) is 2.24. The van der Waals surface area contributed by atoms with Crippen LogP contribution in [-0.2, 0) is 0 Å². The molecule has 25 heavy (non-hydrogen) atoms. The van der Waals surface area contributed by atoms with E-state index in [1.54, 1.807) is 6.20 Å². The van der Waals surface area contributed by atoms with Gasteiger partial charge in [-0.1, -0.05) is 22.0 Å². The van der Waals surface area contributed by atoms with Crippen molar-refractivity contribution in [2.75, 3.05) is 17.2 Å². The normalized spacial score (nSPS) is 10.4. The van der Waals surface area contributed by atoms with E-state index in [9.17, 15) is 0 Å². The average molecular weight is 399 g/mol. The summed E-state index contributed by atoms with van der Waals surface area (Å²) in [6.07, 6.45) is 1.72. The van der Waals surface area contributed by atoms with E-state index in [0.29, 0.717) is 12.6 Å². The molecule has 0 saturated carbocycles. The van der Waals surface area contributed by atoms with Crippen molar-refractivity contribution in [3.63, 3.8) is 0 Å². The molecule has 0 saturated heterocycles. The molecule has 0 fully saturated rings.